The van der Waals surface area contributed by atoms with E-state index in [4.69, 9.17) is 9.47 Å². The Bertz CT molecular complexity index is 927. The smallest absolute Gasteiger partial charge is 0.325 e. The lowest BCUT2D eigenvalue weighted by Crippen LogP contribution is -2.55. The number of nitrogens with one attached hydrogen (secondary N) is 1. The van der Waals surface area contributed by atoms with Crippen LogP contribution in [-0.4, -0.2) is 90.1 Å². The van der Waals surface area contributed by atoms with Gasteiger partial charge in [-0.05, 0) is 50.4 Å². The van der Waals surface area contributed by atoms with Gasteiger partial charge in [-0.3, -0.25) is 14.5 Å². The van der Waals surface area contributed by atoms with Crippen molar-refractivity contribution in [1.82, 2.24) is 20.0 Å². The van der Waals surface area contributed by atoms with Gasteiger partial charge in [0, 0.05) is 31.7 Å². The van der Waals surface area contributed by atoms with Crippen molar-refractivity contribution in [3.05, 3.63) is 23.8 Å². The van der Waals surface area contributed by atoms with Crippen molar-refractivity contribution < 1.29 is 23.9 Å². The molecule has 4 heterocycles. The predicted molar refractivity (Wildman–Crippen MR) is 116 cm³/mol. The lowest BCUT2D eigenvalue weighted by Gasteiger charge is -2.37. The van der Waals surface area contributed by atoms with Crippen LogP contribution in [0.15, 0.2) is 18.2 Å². The van der Waals surface area contributed by atoms with E-state index < -0.39 is 5.54 Å². The monoisotopic (exact) mass is 442 g/mol. The number of imide groups is 1. The second-order valence-corrected chi connectivity index (χ2v) is 9.08. The molecule has 0 saturated carbocycles. The summed E-state index contributed by atoms with van der Waals surface area (Å²) in [6.45, 7) is 6.60. The lowest BCUT2D eigenvalue weighted by molar-refractivity contribution is -0.134. The number of nitrogens with zero attached hydrogens (tertiary/aromatic N) is 3. The summed E-state index contributed by atoms with van der Waals surface area (Å²) >= 11 is 0. The van der Waals surface area contributed by atoms with E-state index in [1.54, 1.807) is 23.1 Å². The molecule has 1 aromatic carbocycles. The Balaban J connectivity index is 1.25. The lowest BCUT2D eigenvalue weighted by atomic mass is 9.87. The molecule has 5 rings (SSSR count). The summed E-state index contributed by atoms with van der Waals surface area (Å²) in [5.74, 6) is 0.960. The van der Waals surface area contributed by atoms with Crippen molar-refractivity contribution in [1.29, 1.82) is 0 Å². The predicted octanol–water partition coefficient (Wildman–Crippen LogP) is 1.47. The van der Waals surface area contributed by atoms with Crippen molar-refractivity contribution in [3.63, 3.8) is 0 Å². The minimum absolute atomic E-state index is 0.126. The summed E-state index contributed by atoms with van der Waals surface area (Å²) in [7, 11) is 0. The highest BCUT2D eigenvalue weighted by molar-refractivity contribution is 6.07. The van der Waals surface area contributed by atoms with Crippen molar-refractivity contribution in [2.45, 2.75) is 44.2 Å². The van der Waals surface area contributed by atoms with E-state index in [0.717, 1.165) is 26.1 Å². The molecule has 0 bridgehead atoms. The largest absolute Gasteiger partial charge is 0.486 e. The Morgan fingerprint density at radius 1 is 1.12 bits per heavy atom. The number of amides is 4. The summed E-state index contributed by atoms with van der Waals surface area (Å²) < 4.78 is 11.1. The van der Waals surface area contributed by atoms with Crippen LogP contribution in [0.1, 0.15) is 43.0 Å². The number of likely N-dealkylation sites (tertiary alicyclic amines) is 2. The number of hydrogen-bond acceptors (Lipinski definition) is 6. The first kappa shape index (κ1) is 21.1. The Morgan fingerprint density at radius 2 is 1.88 bits per heavy atom. The van der Waals surface area contributed by atoms with Gasteiger partial charge in [0.05, 0.1) is 6.04 Å². The molecule has 0 aromatic heterocycles. The van der Waals surface area contributed by atoms with Crippen LogP contribution in [0.2, 0.25) is 0 Å². The zero-order valence-electron chi connectivity index (χ0n) is 18.5. The fourth-order valence-corrected chi connectivity index (χ4v) is 5.28. The van der Waals surface area contributed by atoms with E-state index >= 15 is 0 Å². The standard InChI is InChI=1S/C23H30N4O5/c1-2-8-25-10-6-23(7-11-25)21(29)27(22(30)24-23)17-5-9-26(15-17)20(28)16-3-4-18-19(14-16)32-13-12-31-18/h3-4,14,17H,2,5-13,15H2,1H3,(H,24,30). The fraction of sp³-hybridized carbons (Fsp3) is 0.609. The van der Waals surface area contributed by atoms with Gasteiger partial charge in [-0.25, -0.2) is 4.79 Å². The van der Waals surface area contributed by atoms with E-state index in [1.165, 1.54) is 4.90 Å². The molecule has 1 atom stereocenters. The van der Waals surface area contributed by atoms with Gasteiger partial charge >= 0.3 is 6.03 Å². The summed E-state index contributed by atoms with van der Waals surface area (Å²) in [6, 6.07) is 4.57. The highest BCUT2D eigenvalue weighted by Crippen LogP contribution is 2.34. The van der Waals surface area contributed by atoms with Crippen molar-refractivity contribution in [3.8, 4) is 11.5 Å². The molecule has 172 valence electrons. The van der Waals surface area contributed by atoms with E-state index in [2.05, 4.69) is 17.1 Å². The van der Waals surface area contributed by atoms with E-state index in [0.29, 0.717) is 62.6 Å². The molecule has 9 heteroatoms. The Hall–Kier alpha value is -2.81. The molecule has 32 heavy (non-hydrogen) atoms. The summed E-state index contributed by atoms with van der Waals surface area (Å²) in [5, 5.41) is 3.00. The van der Waals surface area contributed by atoms with Gasteiger partial charge in [0.1, 0.15) is 18.8 Å². The minimum Gasteiger partial charge on any atom is -0.486 e. The molecular weight excluding hydrogens is 412 g/mol. The number of piperidine rings is 1. The van der Waals surface area contributed by atoms with Crippen LogP contribution in [0.5, 0.6) is 11.5 Å². The molecule has 1 spiro atoms. The van der Waals surface area contributed by atoms with Gasteiger partial charge in [0.15, 0.2) is 11.5 Å². The highest BCUT2D eigenvalue weighted by atomic mass is 16.6. The van der Waals surface area contributed by atoms with Gasteiger partial charge in [0.25, 0.3) is 11.8 Å². The fourth-order valence-electron chi connectivity index (χ4n) is 5.28. The Morgan fingerprint density at radius 3 is 2.62 bits per heavy atom. The van der Waals surface area contributed by atoms with Crippen LogP contribution in [0.25, 0.3) is 0 Å². The second-order valence-electron chi connectivity index (χ2n) is 9.08. The molecule has 3 fully saturated rings. The van der Waals surface area contributed by atoms with Crippen molar-refractivity contribution >= 4 is 17.8 Å². The van der Waals surface area contributed by atoms with Crippen LogP contribution in [0.3, 0.4) is 0 Å². The molecule has 4 aliphatic heterocycles. The second kappa shape index (κ2) is 8.27. The first-order valence-electron chi connectivity index (χ1n) is 11.6. The van der Waals surface area contributed by atoms with Gasteiger partial charge < -0.3 is 24.6 Å². The third-order valence-corrected chi connectivity index (χ3v) is 7.05. The molecule has 3 saturated heterocycles. The maximum atomic E-state index is 13.3. The minimum atomic E-state index is -0.783. The summed E-state index contributed by atoms with van der Waals surface area (Å²) in [4.78, 5) is 44.7. The number of ether oxygens (including phenoxy) is 2. The van der Waals surface area contributed by atoms with Gasteiger partial charge in [-0.15, -0.1) is 0 Å². The topological polar surface area (TPSA) is 91.4 Å². The number of rotatable bonds is 4. The summed E-state index contributed by atoms with van der Waals surface area (Å²) in [6.07, 6.45) is 2.95. The molecule has 1 unspecified atom stereocenters. The number of benzene rings is 1. The van der Waals surface area contributed by atoms with Crippen LogP contribution < -0.4 is 14.8 Å². The highest BCUT2D eigenvalue weighted by Gasteiger charge is 2.54. The maximum Gasteiger partial charge on any atom is 0.325 e. The van der Waals surface area contributed by atoms with Crippen LogP contribution in [0.4, 0.5) is 4.79 Å². The number of carbonyl (C=O) groups is 3. The maximum absolute atomic E-state index is 13.3. The molecule has 0 aliphatic carbocycles. The van der Waals surface area contributed by atoms with Crippen LogP contribution >= 0.6 is 0 Å². The number of carbonyl (C=O) groups excluding carboxylic acids is 3. The first-order valence-corrected chi connectivity index (χ1v) is 11.6. The first-order chi connectivity index (χ1) is 15.5. The molecule has 1 N–H and O–H groups in total. The van der Waals surface area contributed by atoms with E-state index in [1.807, 2.05) is 0 Å². The number of fused-ring (bicyclic) bond motifs is 1. The van der Waals surface area contributed by atoms with E-state index in [-0.39, 0.29) is 23.9 Å². The van der Waals surface area contributed by atoms with Crippen LogP contribution in [0, 0.1) is 0 Å². The third-order valence-electron chi connectivity index (χ3n) is 7.05. The van der Waals surface area contributed by atoms with Crippen molar-refractivity contribution in [2.24, 2.45) is 0 Å². The average Bonchev–Trinajstić information content (AvgIpc) is 3.37. The summed E-state index contributed by atoms with van der Waals surface area (Å²) in [5.41, 5.74) is -0.263. The van der Waals surface area contributed by atoms with Gasteiger partial charge in [-0.2, -0.15) is 0 Å². The molecular formula is C23H30N4O5. The van der Waals surface area contributed by atoms with Crippen molar-refractivity contribution in [2.75, 3.05) is 45.9 Å². The molecule has 9 nitrogen and oxygen atoms in total. The normalized spacial score (nSPS) is 24.8. The van der Waals surface area contributed by atoms with E-state index in [9.17, 15) is 14.4 Å². The van der Waals surface area contributed by atoms with Crippen LogP contribution in [-0.2, 0) is 4.79 Å². The Labute approximate surface area is 187 Å². The zero-order valence-corrected chi connectivity index (χ0v) is 18.5. The Kier molecular flexibility index (Phi) is 5.44. The molecule has 0 radical (unpaired) electrons. The molecule has 4 aliphatic rings. The number of urea groups is 1. The number of hydrogen-bond donors (Lipinski definition) is 1. The SMILES string of the molecule is CCCN1CCC2(CC1)NC(=O)N(C1CCN(C(=O)c3ccc4c(c3)OCCO4)C1)C2=O. The third kappa shape index (κ3) is 3.58. The quantitative estimate of drug-likeness (QED) is 0.710. The zero-order chi connectivity index (χ0) is 22.3. The average molecular weight is 443 g/mol. The molecule has 4 amide bonds. The van der Waals surface area contributed by atoms with Gasteiger partial charge in [0.2, 0.25) is 0 Å². The van der Waals surface area contributed by atoms with Gasteiger partial charge in [-0.1, -0.05) is 6.92 Å². The molecule has 1 aromatic rings.